The maximum Gasteiger partial charge on any atom is 0.187 e. The summed E-state index contributed by atoms with van der Waals surface area (Å²) in [6, 6.07) is 7.27. The molecule has 0 aliphatic rings. The lowest BCUT2D eigenvalue weighted by molar-refractivity contribution is 0.204. The average Bonchev–Trinajstić information content (AvgIpc) is 2.38. The van der Waals surface area contributed by atoms with Crippen LogP contribution in [-0.4, -0.2) is 20.8 Å². The minimum absolute atomic E-state index is 0.506. The summed E-state index contributed by atoms with van der Waals surface area (Å²) in [6.45, 7) is 1.94. The van der Waals surface area contributed by atoms with E-state index in [4.69, 9.17) is 5.73 Å². The minimum atomic E-state index is -0.566. The fourth-order valence-corrected chi connectivity index (χ4v) is 2.23. The molecule has 0 aliphatic heterocycles. The number of hydrogen-bond donors (Lipinski definition) is 2. The molecule has 0 saturated carbocycles. The first-order valence-corrected chi connectivity index (χ1v) is 6.58. The Labute approximate surface area is 110 Å². The number of thioether (sulfide) groups is 1. The lowest BCUT2D eigenvalue weighted by atomic mass is 10.1. The van der Waals surface area contributed by atoms with Crippen LogP contribution in [0.4, 0.5) is 5.69 Å². The Morgan fingerprint density at radius 3 is 2.72 bits per heavy atom. The van der Waals surface area contributed by atoms with E-state index in [0.29, 0.717) is 16.6 Å². The molecule has 2 rings (SSSR count). The van der Waals surface area contributed by atoms with E-state index in [0.717, 1.165) is 11.1 Å². The van der Waals surface area contributed by atoms with Crippen molar-refractivity contribution in [1.82, 2.24) is 9.97 Å². The Morgan fingerprint density at radius 2 is 2.06 bits per heavy atom. The van der Waals surface area contributed by atoms with Gasteiger partial charge in [0, 0.05) is 23.8 Å². The van der Waals surface area contributed by atoms with Crippen LogP contribution in [0.1, 0.15) is 17.2 Å². The second kappa shape index (κ2) is 5.84. The third-order valence-corrected chi connectivity index (χ3v) is 3.37. The third-order valence-electron chi connectivity index (χ3n) is 2.42. The summed E-state index contributed by atoms with van der Waals surface area (Å²) >= 11 is 1.42. The molecule has 2 aromatic rings. The first-order valence-electron chi connectivity index (χ1n) is 5.60. The van der Waals surface area contributed by atoms with Crippen LogP contribution >= 0.6 is 11.8 Å². The number of hydrogen-bond acceptors (Lipinski definition) is 5. The van der Waals surface area contributed by atoms with Gasteiger partial charge in [0.1, 0.15) is 0 Å². The van der Waals surface area contributed by atoms with Gasteiger partial charge in [-0.15, -0.1) is 0 Å². The second-order valence-electron chi connectivity index (χ2n) is 4.04. The van der Waals surface area contributed by atoms with E-state index in [-0.39, 0.29) is 0 Å². The molecule has 0 fully saturated rings. The molecule has 0 radical (unpaired) electrons. The molecule has 3 N–H and O–H groups in total. The van der Waals surface area contributed by atoms with Crippen molar-refractivity contribution < 1.29 is 5.11 Å². The number of nitrogens with zero attached hydrogens (tertiary/aromatic N) is 2. The highest BCUT2D eigenvalue weighted by atomic mass is 32.2. The van der Waals surface area contributed by atoms with Crippen molar-refractivity contribution in [2.75, 3.05) is 11.5 Å². The van der Waals surface area contributed by atoms with E-state index in [1.54, 1.807) is 24.5 Å². The number of aromatic nitrogens is 2. The predicted molar refractivity (Wildman–Crippen MR) is 73.3 cm³/mol. The molecule has 94 valence electrons. The zero-order valence-electron chi connectivity index (χ0n) is 10.1. The highest BCUT2D eigenvalue weighted by molar-refractivity contribution is 7.99. The van der Waals surface area contributed by atoms with Crippen molar-refractivity contribution in [1.29, 1.82) is 0 Å². The summed E-state index contributed by atoms with van der Waals surface area (Å²) in [6.07, 6.45) is 2.97. The summed E-state index contributed by atoms with van der Waals surface area (Å²) in [5.41, 5.74) is 8.17. The van der Waals surface area contributed by atoms with Crippen molar-refractivity contribution in [2.24, 2.45) is 0 Å². The number of rotatable bonds is 4. The molecule has 0 bridgehead atoms. The molecule has 1 unspecified atom stereocenters. The number of benzene rings is 1. The van der Waals surface area contributed by atoms with Crippen LogP contribution < -0.4 is 5.73 Å². The van der Waals surface area contributed by atoms with Crippen molar-refractivity contribution >= 4 is 17.4 Å². The molecule has 1 aromatic heterocycles. The van der Waals surface area contributed by atoms with Crippen LogP contribution in [0.3, 0.4) is 0 Å². The van der Waals surface area contributed by atoms with Gasteiger partial charge in [0.25, 0.3) is 0 Å². The van der Waals surface area contributed by atoms with E-state index in [9.17, 15) is 5.11 Å². The average molecular weight is 261 g/mol. The fourth-order valence-electron chi connectivity index (χ4n) is 1.47. The molecule has 18 heavy (non-hydrogen) atoms. The van der Waals surface area contributed by atoms with Crippen LogP contribution in [0.25, 0.3) is 0 Å². The molecule has 0 spiro atoms. The Morgan fingerprint density at radius 1 is 1.33 bits per heavy atom. The van der Waals surface area contributed by atoms with E-state index < -0.39 is 6.10 Å². The smallest absolute Gasteiger partial charge is 0.187 e. The van der Waals surface area contributed by atoms with Crippen LogP contribution in [0.2, 0.25) is 0 Å². The third kappa shape index (κ3) is 3.45. The van der Waals surface area contributed by atoms with Gasteiger partial charge in [-0.25, -0.2) is 9.97 Å². The summed E-state index contributed by atoms with van der Waals surface area (Å²) < 4.78 is 0. The fraction of sp³-hybridized carbons (Fsp3) is 0.231. The first-order chi connectivity index (χ1) is 8.65. The van der Waals surface area contributed by atoms with Gasteiger partial charge in [-0.05, 0) is 30.2 Å². The highest BCUT2D eigenvalue weighted by Gasteiger charge is 2.09. The molecule has 0 aliphatic carbocycles. The van der Waals surface area contributed by atoms with Gasteiger partial charge in [-0.3, -0.25) is 0 Å². The Kier molecular flexibility index (Phi) is 4.17. The van der Waals surface area contributed by atoms with Gasteiger partial charge in [-0.2, -0.15) is 0 Å². The van der Waals surface area contributed by atoms with Gasteiger partial charge >= 0.3 is 0 Å². The van der Waals surface area contributed by atoms with Gasteiger partial charge in [-0.1, -0.05) is 23.9 Å². The Bertz CT molecular complexity index is 516. The number of nitrogens with two attached hydrogens (primary N) is 1. The van der Waals surface area contributed by atoms with Crippen molar-refractivity contribution in [3.05, 3.63) is 47.8 Å². The largest absolute Gasteiger partial charge is 0.399 e. The van der Waals surface area contributed by atoms with Crippen molar-refractivity contribution in [3.63, 3.8) is 0 Å². The summed E-state index contributed by atoms with van der Waals surface area (Å²) in [5.74, 6) is 0.506. The lowest BCUT2D eigenvalue weighted by Crippen LogP contribution is -2.02. The maximum atomic E-state index is 10.0. The number of nitrogen functional groups attached to an aromatic ring is 1. The van der Waals surface area contributed by atoms with Crippen LogP contribution in [0, 0.1) is 6.92 Å². The SMILES string of the molecule is Cc1cnc(SCC(O)c2cccc(N)c2)nc1. The Balaban J connectivity index is 1.96. The zero-order valence-corrected chi connectivity index (χ0v) is 10.9. The Hall–Kier alpha value is -1.59. The molecular formula is C13H15N3OS. The molecule has 0 amide bonds. The number of aliphatic hydroxyl groups is 1. The quantitative estimate of drug-likeness (QED) is 0.501. The summed E-state index contributed by atoms with van der Waals surface area (Å²) in [7, 11) is 0. The van der Waals surface area contributed by atoms with E-state index in [1.165, 1.54) is 11.8 Å². The number of aryl methyl sites for hydroxylation is 1. The lowest BCUT2D eigenvalue weighted by Gasteiger charge is -2.10. The van der Waals surface area contributed by atoms with E-state index >= 15 is 0 Å². The first kappa shape index (κ1) is 12.9. The molecule has 5 heteroatoms. The normalized spacial score (nSPS) is 12.3. The molecule has 1 atom stereocenters. The monoisotopic (exact) mass is 261 g/mol. The van der Waals surface area contributed by atoms with Crippen LogP contribution in [0.5, 0.6) is 0 Å². The van der Waals surface area contributed by atoms with Crippen molar-refractivity contribution in [2.45, 2.75) is 18.2 Å². The number of anilines is 1. The van der Waals surface area contributed by atoms with Gasteiger partial charge in [0.15, 0.2) is 5.16 Å². The second-order valence-corrected chi connectivity index (χ2v) is 5.03. The standard InChI is InChI=1S/C13H15N3OS/c1-9-6-15-13(16-7-9)18-8-12(17)10-3-2-4-11(14)5-10/h2-7,12,17H,8,14H2,1H3. The van der Waals surface area contributed by atoms with Gasteiger partial charge in [0.2, 0.25) is 0 Å². The molecular weight excluding hydrogens is 246 g/mol. The van der Waals surface area contributed by atoms with E-state index in [2.05, 4.69) is 9.97 Å². The summed E-state index contributed by atoms with van der Waals surface area (Å²) in [5, 5.41) is 10.7. The molecule has 4 nitrogen and oxygen atoms in total. The van der Waals surface area contributed by atoms with E-state index in [1.807, 2.05) is 19.1 Å². The zero-order chi connectivity index (χ0) is 13.0. The maximum absolute atomic E-state index is 10.0. The highest BCUT2D eigenvalue weighted by Crippen LogP contribution is 2.23. The molecule has 1 aromatic carbocycles. The van der Waals surface area contributed by atoms with Gasteiger partial charge < -0.3 is 10.8 Å². The molecule has 0 saturated heterocycles. The minimum Gasteiger partial charge on any atom is -0.399 e. The van der Waals surface area contributed by atoms with Crippen molar-refractivity contribution in [3.8, 4) is 0 Å². The topological polar surface area (TPSA) is 72.0 Å². The summed E-state index contributed by atoms with van der Waals surface area (Å²) in [4.78, 5) is 8.36. The predicted octanol–water partition coefficient (Wildman–Crippen LogP) is 2.19. The number of aliphatic hydroxyl groups excluding tert-OH is 1. The van der Waals surface area contributed by atoms with Gasteiger partial charge in [0.05, 0.1) is 6.10 Å². The molecule has 1 heterocycles. The van der Waals surface area contributed by atoms with Crippen LogP contribution in [0.15, 0.2) is 41.8 Å². The van der Waals surface area contributed by atoms with Crippen LogP contribution in [-0.2, 0) is 0 Å².